The summed E-state index contributed by atoms with van der Waals surface area (Å²) in [6.45, 7) is 28.1. The van der Waals surface area contributed by atoms with E-state index in [4.69, 9.17) is 13.2 Å². The van der Waals surface area contributed by atoms with Crippen LogP contribution in [0.1, 0.15) is 86.1 Å². The van der Waals surface area contributed by atoms with Crippen molar-refractivity contribution in [2.45, 2.75) is 89.9 Å². The fraction of sp³-hybridized carbons (Fsp3) is 0.242. The normalized spacial score (nSPS) is 18.1. The Bertz CT molecular complexity index is 3020. The Hall–Kier alpha value is -6.90. The smallest absolute Gasteiger partial charge is 0.0527 e. The van der Waals surface area contributed by atoms with Gasteiger partial charge in [-0.1, -0.05) is 225 Å². The molecule has 342 valence electrons. The molecule has 0 amide bonds. The van der Waals surface area contributed by atoms with E-state index in [1.807, 2.05) is 0 Å². The predicted octanol–water partition coefficient (Wildman–Crippen LogP) is 16.5. The molecule has 2 aliphatic heterocycles. The molecule has 0 bridgehead atoms. The molecule has 7 aromatic rings. The number of hydrogen-bond donors (Lipinski definition) is 0. The summed E-state index contributed by atoms with van der Waals surface area (Å²) in [5.41, 5.74) is 16.8. The molecule has 0 aromatic heterocycles. The van der Waals surface area contributed by atoms with Gasteiger partial charge in [0.15, 0.2) is 0 Å². The van der Waals surface area contributed by atoms with Gasteiger partial charge >= 0.3 is 0 Å². The summed E-state index contributed by atoms with van der Waals surface area (Å²) in [6, 6.07) is 53.5. The molecule has 68 heavy (non-hydrogen) atoms. The van der Waals surface area contributed by atoms with Crippen LogP contribution in [-0.2, 0) is 34.5 Å². The minimum absolute atomic E-state index is 0.136. The molecule has 7 aromatic carbocycles. The first-order chi connectivity index (χ1) is 32.5. The van der Waals surface area contributed by atoms with E-state index in [1.54, 1.807) is 0 Å². The highest BCUT2D eigenvalue weighted by Crippen LogP contribution is 2.51. The molecule has 0 spiro atoms. The molecule has 0 aliphatic carbocycles. The fourth-order valence-corrected chi connectivity index (χ4v) is 11.9. The van der Waals surface area contributed by atoms with E-state index in [1.165, 1.54) is 88.8 Å². The van der Waals surface area contributed by atoms with Gasteiger partial charge in [-0.15, -0.1) is 0 Å². The van der Waals surface area contributed by atoms with Crippen molar-refractivity contribution in [1.29, 1.82) is 0 Å². The number of aryl methyl sites for hydroxylation is 2. The largest absolute Gasteiger partial charge is 0.347 e. The van der Waals surface area contributed by atoms with Crippen LogP contribution in [0.25, 0.3) is 21.5 Å². The highest BCUT2D eigenvalue weighted by molar-refractivity contribution is 6.00. The van der Waals surface area contributed by atoms with Gasteiger partial charge in [-0.2, -0.15) is 0 Å². The van der Waals surface area contributed by atoms with Crippen LogP contribution in [0.4, 0.5) is 11.4 Å². The van der Waals surface area contributed by atoms with E-state index in [-0.39, 0.29) is 21.7 Å². The summed E-state index contributed by atoms with van der Waals surface area (Å²) < 4.78 is 0. The monoisotopic (exact) mass is 889 g/mol. The van der Waals surface area contributed by atoms with E-state index < -0.39 is 0 Å². The zero-order valence-corrected chi connectivity index (χ0v) is 42.0. The third kappa shape index (κ3) is 7.88. The predicted molar refractivity (Wildman–Crippen MR) is 294 cm³/mol. The molecule has 2 heterocycles. The second-order valence-corrected chi connectivity index (χ2v) is 21.1. The van der Waals surface area contributed by atoms with E-state index in [0.717, 1.165) is 24.0 Å². The van der Waals surface area contributed by atoms with Crippen molar-refractivity contribution >= 4 is 32.9 Å². The lowest BCUT2D eigenvalue weighted by Crippen LogP contribution is -2.28. The Morgan fingerprint density at radius 2 is 0.838 bits per heavy atom. The Balaban J connectivity index is 0.977. The van der Waals surface area contributed by atoms with E-state index in [2.05, 4.69) is 261 Å². The van der Waals surface area contributed by atoms with Crippen LogP contribution in [0.2, 0.25) is 0 Å². The van der Waals surface area contributed by atoms with E-state index in [9.17, 15) is 0 Å². The van der Waals surface area contributed by atoms with Crippen LogP contribution in [0.3, 0.4) is 0 Å². The molecule has 0 N–H and O–H groups in total. The van der Waals surface area contributed by atoms with Crippen molar-refractivity contribution in [2.24, 2.45) is 0 Å². The van der Waals surface area contributed by atoms with Gasteiger partial charge in [0, 0.05) is 57.9 Å². The summed E-state index contributed by atoms with van der Waals surface area (Å²) in [5.74, 6) is 0. The van der Waals surface area contributed by atoms with Gasteiger partial charge in [0.1, 0.15) is 0 Å². The van der Waals surface area contributed by atoms with Crippen LogP contribution in [0, 0.1) is 13.8 Å². The quantitative estimate of drug-likeness (QED) is 0.113. The van der Waals surface area contributed by atoms with Gasteiger partial charge < -0.3 is 9.80 Å². The van der Waals surface area contributed by atoms with Crippen molar-refractivity contribution < 1.29 is 0 Å². The highest BCUT2D eigenvalue weighted by atomic mass is 15.2. The van der Waals surface area contributed by atoms with Crippen LogP contribution in [0.15, 0.2) is 218 Å². The average molecular weight is 889 g/mol. The zero-order chi connectivity index (χ0) is 48.2. The van der Waals surface area contributed by atoms with E-state index >= 15 is 0 Å². The standard InChI is InChI=1S/C66H68N2/c1-45-23-13-19-31-55(45)65(9,47(3)25-21-33-59-63(5,6)57-41-39-51-27-15-17-29-53(51)61(57)67(59)11)43-49-35-37-50(38-36-49)44-66(10,56-32-20-14-24-46(56)2)48(4)26-22-34-60-64(7,8)58-42-40-52-28-16-18-30-54(52)62(58)68(60)12/h13-42H,3-4,43-44H2,1-2,5-12H3/b25-21+,26-22+,59-33+,60-34+. The molecule has 2 unspecified atom stereocenters. The zero-order valence-electron chi connectivity index (χ0n) is 42.0. The van der Waals surface area contributed by atoms with Gasteiger partial charge in [-0.25, -0.2) is 0 Å². The average Bonchev–Trinajstić information content (AvgIpc) is 3.65. The maximum absolute atomic E-state index is 4.80. The number of anilines is 2. The summed E-state index contributed by atoms with van der Waals surface area (Å²) >= 11 is 0. The van der Waals surface area contributed by atoms with E-state index in [0.29, 0.717) is 0 Å². The van der Waals surface area contributed by atoms with Gasteiger partial charge in [0.2, 0.25) is 0 Å². The van der Waals surface area contributed by atoms with Crippen LogP contribution in [0.5, 0.6) is 0 Å². The number of hydrogen-bond acceptors (Lipinski definition) is 2. The molecule has 0 saturated carbocycles. The maximum atomic E-state index is 4.80. The Morgan fingerprint density at radius 3 is 1.22 bits per heavy atom. The van der Waals surface area contributed by atoms with Crippen molar-refractivity contribution in [3.63, 3.8) is 0 Å². The topological polar surface area (TPSA) is 6.48 Å². The third-order valence-electron chi connectivity index (χ3n) is 16.0. The SMILES string of the molecule is C=C(/C=C/C=C1/N(C)c2c(ccc3ccccc23)C1(C)C)C(C)(Cc1ccc(CC(C)(C(=C)/C=C/C=C2/N(C)c3c(ccc4ccccc34)C2(C)C)c2ccccc2C)cc1)c1ccccc1C. The van der Waals surface area contributed by atoms with Crippen molar-refractivity contribution in [3.05, 3.63) is 262 Å². The minimum Gasteiger partial charge on any atom is -0.347 e. The summed E-state index contributed by atoms with van der Waals surface area (Å²) in [6.07, 6.45) is 15.2. The molecule has 0 fully saturated rings. The number of benzene rings is 7. The second kappa shape index (κ2) is 17.6. The van der Waals surface area contributed by atoms with Crippen molar-refractivity contribution in [3.8, 4) is 0 Å². The van der Waals surface area contributed by atoms with Crippen LogP contribution < -0.4 is 9.80 Å². The van der Waals surface area contributed by atoms with Gasteiger partial charge in [-0.05, 0) is 105 Å². The summed E-state index contributed by atoms with van der Waals surface area (Å²) in [5, 5.41) is 5.13. The third-order valence-corrected chi connectivity index (χ3v) is 16.0. The molecule has 2 nitrogen and oxygen atoms in total. The van der Waals surface area contributed by atoms with Crippen LogP contribution in [-0.4, -0.2) is 14.1 Å². The minimum atomic E-state index is -0.336. The Morgan fingerprint density at radius 1 is 0.485 bits per heavy atom. The first kappa shape index (κ1) is 46.2. The number of allylic oxidation sites excluding steroid dienone is 10. The Kier molecular flexibility index (Phi) is 12.0. The Labute approximate surface area is 407 Å². The lowest BCUT2D eigenvalue weighted by atomic mass is 9.69. The molecule has 2 aliphatic rings. The molecular formula is C66H68N2. The first-order valence-electron chi connectivity index (χ1n) is 24.4. The van der Waals surface area contributed by atoms with Crippen LogP contribution >= 0.6 is 0 Å². The molecule has 9 rings (SSSR count). The summed E-state index contributed by atoms with van der Waals surface area (Å²) in [4.78, 5) is 4.77. The lowest BCUT2D eigenvalue weighted by Gasteiger charge is -2.34. The fourth-order valence-electron chi connectivity index (χ4n) is 11.9. The molecule has 0 saturated heterocycles. The van der Waals surface area contributed by atoms with Crippen molar-refractivity contribution in [2.75, 3.05) is 23.9 Å². The highest BCUT2D eigenvalue weighted by Gasteiger charge is 2.41. The molecule has 0 radical (unpaired) electrons. The van der Waals surface area contributed by atoms with Crippen molar-refractivity contribution in [1.82, 2.24) is 0 Å². The van der Waals surface area contributed by atoms with Gasteiger partial charge in [-0.3, -0.25) is 0 Å². The number of likely N-dealkylation sites (N-methyl/N-ethyl adjacent to an activating group) is 2. The molecule has 2 atom stereocenters. The lowest BCUT2D eigenvalue weighted by molar-refractivity contribution is 0.559. The number of nitrogens with zero attached hydrogens (tertiary/aromatic N) is 2. The second-order valence-electron chi connectivity index (χ2n) is 21.1. The van der Waals surface area contributed by atoms with Gasteiger partial charge in [0.05, 0.1) is 11.4 Å². The molecule has 2 heteroatoms. The number of fused-ring (bicyclic) bond motifs is 6. The molecular weight excluding hydrogens is 821 g/mol. The maximum Gasteiger partial charge on any atom is 0.0527 e. The van der Waals surface area contributed by atoms with Gasteiger partial charge in [0.25, 0.3) is 0 Å². The number of rotatable bonds is 12. The first-order valence-corrected chi connectivity index (χ1v) is 24.4. The summed E-state index contributed by atoms with van der Waals surface area (Å²) in [7, 11) is 4.42.